The first-order chi connectivity index (χ1) is 60.2. The minimum Gasteiger partial charge on any atom is -0.493 e. The number of aliphatic hydroxyl groups is 2. The van der Waals surface area contributed by atoms with Crippen molar-refractivity contribution in [3.05, 3.63) is 223 Å². The van der Waals surface area contributed by atoms with Gasteiger partial charge in [-0.2, -0.15) is 0 Å². The van der Waals surface area contributed by atoms with Crippen LogP contribution in [0.25, 0.3) is 88.2 Å². The molecule has 1 aliphatic rings. The second-order valence-electron chi connectivity index (χ2n) is 26.5. The molecule has 4 N–H and O–H groups in total. The number of aliphatic hydroxyl groups excluding tert-OH is 2. The lowest BCUT2D eigenvalue weighted by Gasteiger charge is -2.17. The molecule has 5 heterocycles. The van der Waals surface area contributed by atoms with E-state index in [2.05, 4.69) is 47.0 Å². The number of imidazole rings is 2. The number of rotatable bonds is 37. The Morgan fingerprint density at radius 2 is 0.805 bits per heavy atom. The number of ether oxygens (including phenoxy) is 16. The molecule has 0 fully saturated rings. The van der Waals surface area contributed by atoms with E-state index in [1.807, 2.05) is 196 Å². The third-order valence-corrected chi connectivity index (χ3v) is 19.5. The van der Waals surface area contributed by atoms with Crippen LogP contribution in [-0.4, -0.2) is 205 Å². The summed E-state index contributed by atoms with van der Waals surface area (Å²) in [4.78, 5) is 52.9. The van der Waals surface area contributed by atoms with E-state index < -0.39 is 24.1 Å². The van der Waals surface area contributed by atoms with Gasteiger partial charge in [0, 0.05) is 47.5 Å². The molecule has 0 saturated heterocycles. The van der Waals surface area contributed by atoms with Crippen LogP contribution < -0.4 is 47.4 Å². The number of aromatic amines is 2. The molecule has 2 unspecified atom stereocenters. The number of esters is 2. The molecule has 0 radical (unpaired) electrons. The third-order valence-electron chi connectivity index (χ3n) is 18.4. The molecule has 4 aromatic heterocycles. The molecule has 0 aliphatic carbocycles. The smallest absolute Gasteiger partial charge is 0.338 e. The van der Waals surface area contributed by atoms with Crippen LogP contribution in [0.5, 0.6) is 57.5 Å². The second-order valence-corrected chi connectivity index (χ2v) is 27.6. The fourth-order valence-electron chi connectivity index (χ4n) is 12.3. The zero-order valence-electron chi connectivity index (χ0n) is 70.3. The van der Waals surface area contributed by atoms with E-state index in [0.29, 0.717) is 106 Å². The molecule has 28 nitrogen and oxygen atoms in total. The SMILES string of the molecule is CCOC(=O)C(O)COc1ccc(-c2nc3ccccc3[nH]2)cc1OCC(O)C(=O)OCC.CCOCCOCCOc1ccc(-c2nc3ccccc3[nH]2)cc1OCCOCCOCC.COc1ccc(-c2nc3ccccc3o2)cc1OC.COc1ccc(-c2nc3ccccc3s2)cc1OC.COc1ccc(C2=Nc3ccccc3C2)cc1OC. The largest absolute Gasteiger partial charge is 0.493 e. The predicted molar refractivity (Wildman–Crippen MR) is 472 cm³/mol. The van der Waals surface area contributed by atoms with Crippen LogP contribution >= 0.6 is 11.3 Å². The van der Waals surface area contributed by atoms with Gasteiger partial charge in [-0.1, -0.05) is 66.7 Å². The quantitative estimate of drug-likeness (QED) is 0.0208. The monoisotopic (exact) mass is 1700 g/mol. The van der Waals surface area contributed by atoms with E-state index in [1.165, 1.54) is 10.3 Å². The van der Waals surface area contributed by atoms with Crippen LogP contribution in [0, 0.1) is 0 Å². The average Bonchev–Trinajstić information content (AvgIpc) is 1.71. The van der Waals surface area contributed by atoms with E-state index in [4.69, 9.17) is 80.2 Å². The summed E-state index contributed by atoms with van der Waals surface area (Å²) in [7, 11) is 9.77. The van der Waals surface area contributed by atoms with Crippen molar-refractivity contribution in [2.45, 2.75) is 46.3 Å². The van der Waals surface area contributed by atoms with Crippen molar-refractivity contribution >= 4 is 78.1 Å². The lowest BCUT2D eigenvalue weighted by Crippen LogP contribution is -2.30. The zero-order valence-corrected chi connectivity index (χ0v) is 71.1. The van der Waals surface area contributed by atoms with Crippen LogP contribution in [-0.2, 0) is 44.4 Å². The number of carbonyl (C=O) groups excluding carboxylic acids is 2. The van der Waals surface area contributed by atoms with Crippen LogP contribution in [0.4, 0.5) is 5.69 Å². The Morgan fingerprint density at radius 3 is 1.33 bits per heavy atom. The summed E-state index contributed by atoms with van der Waals surface area (Å²) in [5.74, 6) is 6.21. The maximum atomic E-state index is 11.7. The minimum atomic E-state index is -1.50. The first-order valence-corrected chi connectivity index (χ1v) is 40.7. The van der Waals surface area contributed by atoms with Gasteiger partial charge in [-0.3, -0.25) is 4.99 Å². The highest BCUT2D eigenvalue weighted by atomic mass is 32.1. The molecule has 14 aromatic rings. The van der Waals surface area contributed by atoms with Gasteiger partial charge in [0.05, 0.1) is 139 Å². The van der Waals surface area contributed by atoms with E-state index >= 15 is 0 Å². The number of hydrogen-bond acceptors (Lipinski definition) is 27. The summed E-state index contributed by atoms with van der Waals surface area (Å²) in [6.45, 7) is 12.0. The maximum absolute atomic E-state index is 11.7. The first kappa shape index (κ1) is 90.6. The van der Waals surface area contributed by atoms with Gasteiger partial charge >= 0.3 is 11.9 Å². The Kier molecular flexibility index (Phi) is 34.8. The van der Waals surface area contributed by atoms with Gasteiger partial charge < -0.3 is 100 Å². The number of aromatic nitrogens is 6. The van der Waals surface area contributed by atoms with Gasteiger partial charge in [0.25, 0.3) is 0 Å². The summed E-state index contributed by atoms with van der Waals surface area (Å²) in [5.41, 5.74) is 14.1. The van der Waals surface area contributed by atoms with E-state index in [1.54, 1.807) is 86.0 Å². The maximum Gasteiger partial charge on any atom is 0.338 e. The summed E-state index contributed by atoms with van der Waals surface area (Å²) in [6, 6.07) is 67.6. The van der Waals surface area contributed by atoms with Gasteiger partial charge in [-0.25, -0.2) is 29.5 Å². The molecule has 1 aliphatic heterocycles. The molecule has 15 rings (SSSR count). The minimum absolute atomic E-state index is 0.123. The summed E-state index contributed by atoms with van der Waals surface area (Å²) >= 11 is 1.68. The lowest BCUT2D eigenvalue weighted by atomic mass is 10.0. The van der Waals surface area contributed by atoms with Crippen molar-refractivity contribution in [1.29, 1.82) is 0 Å². The Bertz CT molecular complexity index is 5470. The van der Waals surface area contributed by atoms with Gasteiger partial charge in [0.2, 0.25) is 5.89 Å². The molecule has 0 saturated carbocycles. The van der Waals surface area contributed by atoms with Crippen molar-refractivity contribution < 1.29 is 100 Å². The van der Waals surface area contributed by atoms with Crippen LogP contribution in [0.15, 0.2) is 222 Å². The molecule has 10 aromatic carbocycles. The third kappa shape index (κ3) is 25.5. The molecule has 0 amide bonds. The number of aliphatic imine (C=N–C) groups is 1. The summed E-state index contributed by atoms with van der Waals surface area (Å²) in [6.07, 6.45) is -2.12. The highest BCUT2D eigenvalue weighted by Gasteiger charge is 2.24. The molecule has 123 heavy (non-hydrogen) atoms. The molecular weight excluding hydrogens is 1600 g/mol. The van der Waals surface area contributed by atoms with E-state index in [9.17, 15) is 19.8 Å². The van der Waals surface area contributed by atoms with Crippen molar-refractivity contribution in [3.63, 3.8) is 0 Å². The number of nitrogens with one attached hydrogen (secondary N) is 2. The fraction of sp³-hybridized carbons (Fsp3) is 0.287. The number of H-pyrrole nitrogens is 2. The Morgan fingerprint density at radius 1 is 0.390 bits per heavy atom. The van der Waals surface area contributed by atoms with E-state index in [-0.39, 0.29) is 37.9 Å². The molecule has 0 spiro atoms. The molecule has 2 atom stereocenters. The first-order valence-electron chi connectivity index (χ1n) is 39.9. The number of nitrogens with zero attached hydrogens (tertiary/aromatic N) is 5. The molecular formula is C94H101N7O21S. The van der Waals surface area contributed by atoms with Gasteiger partial charge in [-0.15, -0.1) is 11.3 Å². The normalized spacial score (nSPS) is 11.7. The number of thiazole rings is 1. The van der Waals surface area contributed by atoms with Crippen LogP contribution in [0.1, 0.15) is 38.8 Å². The Labute approximate surface area is 716 Å². The van der Waals surface area contributed by atoms with Gasteiger partial charge in [0.15, 0.2) is 75.3 Å². The van der Waals surface area contributed by atoms with Crippen molar-refractivity contribution in [1.82, 2.24) is 29.9 Å². The number of hydrogen-bond donors (Lipinski definition) is 4. The number of fused-ring (bicyclic) bond motifs is 5. The number of carbonyl (C=O) groups is 2. The van der Waals surface area contributed by atoms with Crippen LogP contribution in [0.2, 0.25) is 0 Å². The highest BCUT2D eigenvalue weighted by Crippen LogP contribution is 2.40. The Balaban J connectivity index is 0.000000153. The van der Waals surface area contributed by atoms with E-state index in [0.717, 1.165) is 113 Å². The Hall–Kier alpha value is -13.1. The molecule has 29 heteroatoms. The average molecular weight is 1700 g/mol. The lowest BCUT2D eigenvalue weighted by molar-refractivity contribution is -0.155. The number of para-hydroxylation sites is 8. The second kappa shape index (κ2) is 47.2. The van der Waals surface area contributed by atoms with Crippen molar-refractivity contribution in [2.24, 2.45) is 4.99 Å². The molecule has 644 valence electrons. The standard InChI is InChI=1S/C25H34N2O6.C23H26N2O8.C16H15NO2.C15H13NO3.C15H13NO2S/c1-3-28-11-13-30-15-17-32-23-10-9-20(25-26-21-7-5-6-8-22(21)27-25)19-24(23)33-18-16-31-14-12-29-4-2;1-3-30-22(28)17(26)12-32-19-10-9-14(21-24-15-7-5-6-8-16(15)25-21)11-20(19)33-13-18(27)23(29)31-4-2;1-18-15-8-7-12(10-16(15)19-2)14-9-11-5-3-4-6-13(11)17-14;1-17-13-8-7-10(9-14(13)18-2)15-16-11-5-3-4-6-12(11)19-15;1-17-12-8-7-10(9-13(12)18-2)15-16-11-5-3-4-6-14(11)19-15/h5-10,19H,3-4,11-18H2,1-2H3,(H,26,27);5-11,17-18,26-27H,3-4,12-13H2,1-2H3,(H,24,25);3-8,10H,9H2,1-2H3;2*3-9H,1-2H3. The molecule has 0 bridgehead atoms. The topological polar surface area (TPSA) is 331 Å². The zero-order chi connectivity index (χ0) is 86.7. The van der Waals surface area contributed by atoms with Crippen molar-refractivity contribution in [3.8, 4) is 102 Å². The highest BCUT2D eigenvalue weighted by molar-refractivity contribution is 7.21. The van der Waals surface area contributed by atoms with Crippen molar-refractivity contribution in [2.75, 3.05) is 135 Å². The van der Waals surface area contributed by atoms with Gasteiger partial charge in [0.1, 0.15) is 48.6 Å². The van der Waals surface area contributed by atoms with Gasteiger partial charge in [-0.05, 0) is 179 Å². The number of benzene rings is 10. The summed E-state index contributed by atoms with van der Waals surface area (Å²) < 4.78 is 92.8. The number of oxazole rings is 1. The van der Waals surface area contributed by atoms with Crippen LogP contribution in [0.3, 0.4) is 0 Å². The fourth-order valence-corrected chi connectivity index (χ4v) is 13.3. The number of methoxy groups -OCH3 is 6. The summed E-state index contributed by atoms with van der Waals surface area (Å²) in [5, 5.41) is 20.9. The predicted octanol–water partition coefficient (Wildman–Crippen LogP) is 16.8.